The molecule has 0 amide bonds. The molecule has 0 spiro atoms. The molecule has 1 aromatic heterocycles. The van der Waals surface area contributed by atoms with Crippen LogP contribution in [0.5, 0.6) is 5.75 Å². The Balaban J connectivity index is 1.61. The second-order valence-electron chi connectivity index (χ2n) is 5.48. The molecule has 26 heavy (non-hydrogen) atoms. The number of hydrogen-bond acceptors (Lipinski definition) is 3. The zero-order chi connectivity index (χ0) is 18.5. The molecule has 2 aromatic carbocycles. The first kappa shape index (κ1) is 17.8. The highest BCUT2D eigenvalue weighted by atomic mass is 32.1. The van der Waals surface area contributed by atoms with Crippen LogP contribution in [0, 0.1) is 11.6 Å². The Labute approximate surface area is 154 Å². The molecule has 0 aliphatic carbocycles. The quantitative estimate of drug-likeness (QED) is 0.661. The summed E-state index contributed by atoms with van der Waals surface area (Å²) < 4.78 is 33.5. The van der Waals surface area contributed by atoms with Crippen LogP contribution in [0.2, 0.25) is 0 Å². The molecule has 0 fully saturated rings. The number of aromatic nitrogens is 2. The van der Waals surface area contributed by atoms with E-state index in [1.807, 2.05) is 24.3 Å². The van der Waals surface area contributed by atoms with E-state index in [4.69, 9.17) is 17.0 Å². The second-order valence-corrected chi connectivity index (χ2v) is 5.89. The molecule has 8 heteroatoms. The van der Waals surface area contributed by atoms with Gasteiger partial charge in [0.05, 0.1) is 31.2 Å². The van der Waals surface area contributed by atoms with Crippen LogP contribution in [-0.4, -0.2) is 22.0 Å². The number of rotatable bonds is 5. The van der Waals surface area contributed by atoms with E-state index < -0.39 is 11.6 Å². The molecule has 0 unspecified atom stereocenters. The third-order valence-electron chi connectivity index (χ3n) is 3.55. The van der Waals surface area contributed by atoms with Crippen molar-refractivity contribution in [3.8, 4) is 5.75 Å². The van der Waals surface area contributed by atoms with Crippen molar-refractivity contribution in [1.29, 1.82) is 0 Å². The summed E-state index contributed by atoms with van der Waals surface area (Å²) in [6.45, 7) is 0.561. The molecule has 0 aliphatic rings. The Morgan fingerprint density at radius 3 is 2.81 bits per heavy atom. The van der Waals surface area contributed by atoms with Gasteiger partial charge in [0.15, 0.2) is 5.11 Å². The predicted molar refractivity (Wildman–Crippen MR) is 101 cm³/mol. The lowest BCUT2D eigenvalue weighted by molar-refractivity contribution is 0.414. The van der Waals surface area contributed by atoms with E-state index in [0.717, 1.165) is 23.4 Å². The molecule has 0 atom stereocenters. The summed E-state index contributed by atoms with van der Waals surface area (Å²) in [5, 5.41) is 10.0. The van der Waals surface area contributed by atoms with Crippen LogP contribution < -0.4 is 15.4 Å². The summed E-state index contributed by atoms with van der Waals surface area (Å²) in [4.78, 5) is 0. The van der Waals surface area contributed by atoms with Crippen LogP contribution in [-0.2, 0) is 6.54 Å². The molecular weight excluding hydrogens is 358 g/mol. The number of anilines is 2. The minimum absolute atomic E-state index is 0.0904. The highest BCUT2D eigenvalue weighted by molar-refractivity contribution is 7.80. The van der Waals surface area contributed by atoms with Crippen LogP contribution in [0.4, 0.5) is 20.2 Å². The van der Waals surface area contributed by atoms with Crippen molar-refractivity contribution in [1.82, 2.24) is 9.78 Å². The number of nitrogens with one attached hydrogen (secondary N) is 2. The molecule has 2 N–H and O–H groups in total. The Kier molecular flexibility index (Phi) is 5.43. The van der Waals surface area contributed by atoms with Gasteiger partial charge in [0.25, 0.3) is 0 Å². The summed E-state index contributed by atoms with van der Waals surface area (Å²) in [5.41, 5.74) is 1.77. The number of ether oxygens (including phenoxy) is 1. The van der Waals surface area contributed by atoms with Crippen LogP contribution in [0.3, 0.4) is 0 Å². The van der Waals surface area contributed by atoms with Gasteiger partial charge >= 0.3 is 0 Å². The Morgan fingerprint density at radius 1 is 1.19 bits per heavy atom. The van der Waals surface area contributed by atoms with E-state index in [-0.39, 0.29) is 10.8 Å². The van der Waals surface area contributed by atoms with Crippen molar-refractivity contribution in [2.75, 3.05) is 17.7 Å². The first-order chi connectivity index (χ1) is 12.5. The van der Waals surface area contributed by atoms with E-state index in [2.05, 4.69) is 15.7 Å². The average molecular weight is 374 g/mol. The number of halogens is 2. The van der Waals surface area contributed by atoms with Gasteiger partial charge in [0.1, 0.15) is 17.4 Å². The average Bonchev–Trinajstić information content (AvgIpc) is 3.04. The van der Waals surface area contributed by atoms with Crippen molar-refractivity contribution in [3.63, 3.8) is 0 Å². The van der Waals surface area contributed by atoms with E-state index in [9.17, 15) is 8.78 Å². The van der Waals surface area contributed by atoms with Crippen molar-refractivity contribution in [2.45, 2.75) is 6.54 Å². The van der Waals surface area contributed by atoms with Crippen molar-refractivity contribution in [3.05, 3.63) is 72.1 Å². The van der Waals surface area contributed by atoms with Gasteiger partial charge in [0, 0.05) is 12.3 Å². The summed E-state index contributed by atoms with van der Waals surface area (Å²) in [5.74, 6) is -0.590. The van der Waals surface area contributed by atoms with Crippen molar-refractivity contribution >= 4 is 28.7 Å². The molecule has 3 aromatic rings. The highest BCUT2D eigenvalue weighted by Gasteiger charge is 2.07. The fourth-order valence-electron chi connectivity index (χ4n) is 2.35. The highest BCUT2D eigenvalue weighted by Crippen LogP contribution is 2.17. The van der Waals surface area contributed by atoms with Gasteiger partial charge in [-0.2, -0.15) is 5.10 Å². The maximum Gasteiger partial charge on any atom is 0.175 e. The van der Waals surface area contributed by atoms with E-state index in [1.165, 1.54) is 6.07 Å². The number of hydrogen-bond donors (Lipinski definition) is 2. The first-order valence-electron chi connectivity index (χ1n) is 7.72. The van der Waals surface area contributed by atoms with Crippen molar-refractivity contribution in [2.24, 2.45) is 0 Å². The molecular formula is C18H16F2N4OS. The summed E-state index contributed by atoms with van der Waals surface area (Å²) in [7, 11) is 1.62. The second kappa shape index (κ2) is 7.92. The number of benzene rings is 2. The number of thiocarbonyl (C=S) groups is 1. The van der Waals surface area contributed by atoms with Crippen LogP contribution >= 0.6 is 12.2 Å². The van der Waals surface area contributed by atoms with Gasteiger partial charge < -0.3 is 15.4 Å². The van der Waals surface area contributed by atoms with E-state index >= 15 is 0 Å². The van der Waals surface area contributed by atoms with E-state index in [0.29, 0.717) is 12.2 Å². The van der Waals surface area contributed by atoms with Gasteiger partial charge in [-0.3, -0.25) is 4.68 Å². The minimum Gasteiger partial charge on any atom is -0.497 e. The smallest absolute Gasteiger partial charge is 0.175 e. The molecule has 0 saturated carbocycles. The lowest BCUT2D eigenvalue weighted by atomic mass is 10.2. The zero-order valence-corrected chi connectivity index (χ0v) is 14.7. The van der Waals surface area contributed by atoms with E-state index in [1.54, 1.807) is 24.2 Å². The maximum atomic E-state index is 13.6. The molecule has 134 valence electrons. The molecule has 0 aliphatic heterocycles. The SMILES string of the molecule is COc1cccc(Cn2cc(NC(=S)Nc3ccc(F)cc3F)cn2)c1. The molecule has 1 heterocycles. The molecule has 0 bridgehead atoms. The van der Waals surface area contributed by atoms with Crippen LogP contribution in [0.15, 0.2) is 54.9 Å². The molecule has 3 rings (SSSR count). The normalized spacial score (nSPS) is 10.4. The molecule has 0 saturated heterocycles. The van der Waals surface area contributed by atoms with Gasteiger partial charge in [0.2, 0.25) is 0 Å². The Hall–Kier alpha value is -3.00. The number of methoxy groups -OCH3 is 1. The van der Waals surface area contributed by atoms with Gasteiger partial charge in [-0.05, 0) is 42.0 Å². The van der Waals surface area contributed by atoms with Crippen LogP contribution in [0.25, 0.3) is 0 Å². The van der Waals surface area contributed by atoms with Crippen molar-refractivity contribution < 1.29 is 13.5 Å². The fourth-order valence-corrected chi connectivity index (χ4v) is 2.58. The fraction of sp³-hybridized carbons (Fsp3) is 0.111. The molecule has 0 radical (unpaired) electrons. The van der Waals surface area contributed by atoms with Gasteiger partial charge in [-0.25, -0.2) is 8.78 Å². The third-order valence-corrected chi connectivity index (χ3v) is 3.75. The Morgan fingerprint density at radius 2 is 2.04 bits per heavy atom. The maximum absolute atomic E-state index is 13.6. The summed E-state index contributed by atoms with van der Waals surface area (Å²) >= 11 is 5.15. The zero-order valence-electron chi connectivity index (χ0n) is 13.9. The third kappa shape index (κ3) is 4.54. The van der Waals surface area contributed by atoms with Crippen LogP contribution in [0.1, 0.15) is 5.56 Å². The largest absolute Gasteiger partial charge is 0.497 e. The molecule has 5 nitrogen and oxygen atoms in total. The van der Waals surface area contributed by atoms with Gasteiger partial charge in [-0.15, -0.1) is 0 Å². The lowest BCUT2D eigenvalue weighted by Crippen LogP contribution is -2.19. The Bertz CT molecular complexity index is 929. The summed E-state index contributed by atoms with van der Waals surface area (Å²) in [6.07, 6.45) is 3.38. The summed E-state index contributed by atoms with van der Waals surface area (Å²) in [6, 6.07) is 10.9. The predicted octanol–water partition coefficient (Wildman–Crippen LogP) is 4.03. The topological polar surface area (TPSA) is 51.1 Å². The first-order valence-corrected chi connectivity index (χ1v) is 8.13. The minimum atomic E-state index is -0.720. The number of nitrogens with zero attached hydrogens (tertiary/aromatic N) is 2. The van der Waals surface area contributed by atoms with Gasteiger partial charge in [-0.1, -0.05) is 12.1 Å². The standard InChI is InChI=1S/C18H16F2N4OS/c1-25-15-4-2-3-12(7-15)10-24-11-14(9-21-24)22-18(26)23-17-6-5-13(19)8-16(17)20/h2-9,11H,10H2,1H3,(H2,22,23,26). The monoisotopic (exact) mass is 374 g/mol. The lowest BCUT2D eigenvalue weighted by Gasteiger charge is -2.09.